The molecule has 1 amide bonds. The molecule has 2 aromatic heterocycles. The number of anilines is 3. The van der Waals surface area contributed by atoms with Crippen LogP contribution in [0.15, 0.2) is 67.5 Å². The molecule has 0 aliphatic carbocycles. The van der Waals surface area contributed by atoms with Crippen molar-refractivity contribution in [2.24, 2.45) is 0 Å². The first kappa shape index (κ1) is 27.8. The van der Waals surface area contributed by atoms with Gasteiger partial charge in [-0.1, -0.05) is 24.8 Å². The molecule has 8 nitrogen and oxygen atoms in total. The maximum Gasteiger partial charge on any atom is 0.247 e. The Balaban J connectivity index is 1.70. The van der Waals surface area contributed by atoms with Crippen molar-refractivity contribution in [1.82, 2.24) is 19.4 Å². The van der Waals surface area contributed by atoms with E-state index in [2.05, 4.69) is 27.1 Å². The zero-order chi connectivity index (χ0) is 27.8. The van der Waals surface area contributed by atoms with E-state index in [1.165, 1.54) is 6.08 Å². The van der Waals surface area contributed by atoms with Crippen molar-refractivity contribution >= 4 is 34.1 Å². The molecule has 4 aromatic rings. The molecule has 2 aromatic carbocycles. The number of rotatable bonds is 13. The minimum atomic E-state index is -0.454. The van der Waals surface area contributed by atoms with Crippen LogP contribution in [0.5, 0.6) is 5.75 Å². The Hall–Kier alpha value is -4.24. The second-order valence-corrected chi connectivity index (χ2v) is 9.37. The van der Waals surface area contributed by atoms with Crippen LogP contribution < -0.4 is 15.4 Å². The predicted molar refractivity (Wildman–Crippen MR) is 156 cm³/mol. The van der Waals surface area contributed by atoms with E-state index in [0.717, 1.165) is 41.4 Å². The van der Waals surface area contributed by atoms with Gasteiger partial charge in [-0.3, -0.25) is 4.79 Å². The summed E-state index contributed by atoms with van der Waals surface area (Å²) >= 11 is 0. The minimum absolute atomic E-state index is 0.272. The van der Waals surface area contributed by atoms with Gasteiger partial charge in [0.2, 0.25) is 11.9 Å². The molecule has 2 N–H and O–H groups in total. The van der Waals surface area contributed by atoms with Crippen LogP contribution in [0.3, 0.4) is 0 Å². The number of alkyl halides is 1. The summed E-state index contributed by atoms with van der Waals surface area (Å²) < 4.78 is 21.1. The summed E-state index contributed by atoms with van der Waals surface area (Å²) in [6, 6.07) is 13.5. The average molecular weight is 531 g/mol. The number of carbonyl (C=O) groups is 1. The molecular weight excluding hydrogens is 495 g/mol. The summed E-state index contributed by atoms with van der Waals surface area (Å²) in [5.74, 6) is 0.724. The number of aromatic nitrogens is 3. The van der Waals surface area contributed by atoms with Gasteiger partial charge in [0, 0.05) is 34.5 Å². The Morgan fingerprint density at radius 2 is 2.03 bits per heavy atom. The van der Waals surface area contributed by atoms with E-state index in [-0.39, 0.29) is 12.5 Å². The van der Waals surface area contributed by atoms with E-state index in [4.69, 9.17) is 9.72 Å². The van der Waals surface area contributed by atoms with Gasteiger partial charge in [0.25, 0.3) is 0 Å². The van der Waals surface area contributed by atoms with E-state index in [0.29, 0.717) is 35.4 Å². The van der Waals surface area contributed by atoms with Gasteiger partial charge < -0.3 is 24.8 Å². The molecule has 2 heterocycles. The van der Waals surface area contributed by atoms with Crippen LogP contribution in [0.2, 0.25) is 0 Å². The summed E-state index contributed by atoms with van der Waals surface area (Å²) in [4.78, 5) is 23.5. The average Bonchev–Trinajstić information content (AvgIpc) is 3.29. The highest BCUT2D eigenvalue weighted by Crippen LogP contribution is 2.35. The lowest BCUT2D eigenvalue weighted by Crippen LogP contribution is -2.15. The number of ether oxygens (including phenoxy) is 1. The third kappa shape index (κ3) is 6.80. The normalized spacial score (nSPS) is 11.1. The summed E-state index contributed by atoms with van der Waals surface area (Å²) in [6.07, 6.45) is 6.54. The molecule has 0 saturated carbocycles. The van der Waals surface area contributed by atoms with Gasteiger partial charge in [0.05, 0.1) is 24.5 Å². The summed E-state index contributed by atoms with van der Waals surface area (Å²) in [5, 5.41) is 7.19. The molecule has 39 heavy (non-hydrogen) atoms. The molecule has 0 spiro atoms. The molecular formula is C30H35FN6O2. The van der Waals surface area contributed by atoms with Crippen LogP contribution in [0, 0.1) is 0 Å². The summed E-state index contributed by atoms with van der Waals surface area (Å²) in [6.45, 7) is 6.71. The Bertz CT molecular complexity index is 1450. The number of nitrogens with zero attached hydrogens (tertiary/aromatic N) is 4. The highest BCUT2D eigenvalue weighted by Gasteiger charge is 2.16. The van der Waals surface area contributed by atoms with Crippen LogP contribution in [-0.4, -0.2) is 59.3 Å². The van der Waals surface area contributed by atoms with Crippen LogP contribution in [-0.2, 0) is 17.8 Å². The predicted octanol–water partition coefficient (Wildman–Crippen LogP) is 5.83. The maximum absolute atomic E-state index is 13.2. The third-order valence-electron chi connectivity index (χ3n) is 6.29. The number of nitrogens with one attached hydrogen (secondary N) is 2. The minimum Gasteiger partial charge on any atom is -0.492 e. The van der Waals surface area contributed by atoms with Crippen LogP contribution in [0.1, 0.15) is 18.9 Å². The first-order valence-electron chi connectivity index (χ1n) is 13.1. The van der Waals surface area contributed by atoms with Gasteiger partial charge >= 0.3 is 0 Å². The van der Waals surface area contributed by atoms with Crippen LogP contribution in [0.4, 0.5) is 21.7 Å². The van der Waals surface area contributed by atoms with Gasteiger partial charge in [-0.25, -0.2) is 14.4 Å². The van der Waals surface area contributed by atoms with E-state index in [9.17, 15) is 9.18 Å². The molecule has 4 rings (SSSR count). The molecule has 0 aliphatic heterocycles. The van der Waals surface area contributed by atoms with Crippen molar-refractivity contribution in [2.45, 2.75) is 26.3 Å². The summed E-state index contributed by atoms with van der Waals surface area (Å²) in [7, 11) is 4.07. The molecule has 9 heteroatoms. The second kappa shape index (κ2) is 13.0. The van der Waals surface area contributed by atoms with E-state index in [1.54, 1.807) is 6.20 Å². The molecule has 0 radical (unpaired) electrons. The van der Waals surface area contributed by atoms with Crippen molar-refractivity contribution in [1.29, 1.82) is 0 Å². The van der Waals surface area contributed by atoms with Crippen molar-refractivity contribution in [3.8, 4) is 17.0 Å². The fraction of sp³-hybridized carbons (Fsp3) is 0.300. The number of hydrogen-bond donors (Lipinski definition) is 2. The zero-order valence-corrected chi connectivity index (χ0v) is 22.7. The van der Waals surface area contributed by atoms with Crippen molar-refractivity contribution < 1.29 is 13.9 Å². The van der Waals surface area contributed by atoms with Gasteiger partial charge in [-0.2, -0.15) is 0 Å². The van der Waals surface area contributed by atoms with Crippen LogP contribution >= 0.6 is 0 Å². The first-order valence-corrected chi connectivity index (χ1v) is 13.1. The van der Waals surface area contributed by atoms with Crippen molar-refractivity contribution in [3.63, 3.8) is 0 Å². The standard InChI is InChI=1S/C30H35FN6O2/c1-5-29(38)33-25-19-26(28(39-6-2)18-21(25)10-9-16-36(3)4)35-30-32-15-13-24(34-30)23-20-37(17-14-31)27-12-8-7-11-22(23)27/h5,7-8,11-13,15,18-20H,1,6,9-10,14,16-17H2,2-4H3,(H,33,38)(H,32,34,35). The lowest BCUT2D eigenvalue weighted by Gasteiger charge is -2.18. The largest absolute Gasteiger partial charge is 0.492 e. The lowest BCUT2D eigenvalue weighted by molar-refractivity contribution is -0.111. The Morgan fingerprint density at radius 3 is 2.77 bits per heavy atom. The number of benzene rings is 2. The van der Waals surface area contributed by atoms with Crippen LogP contribution in [0.25, 0.3) is 22.2 Å². The molecule has 0 unspecified atom stereocenters. The number of para-hydroxylation sites is 1. The lowest BCUT2D eigenvalue weighted by atomic mass is 10.0. The Morgan fingerprint density at radius 1 is 1.21 bits per heavy atom. The van der Waals surface area contributed by atoms with Gasteiger partial charge in [0.1, 0.15) is 12.4 Å². The van der Waals surface area contributed by atoms with Gasteiger partial charge in [-0.05, 0) is 76.3 Å². The monoisotopic (exact) mass is 530 g/mol. The van der Waals surface area contributed by atoms with Crippen molar-refractivity contribution in [2.75, 3.05) is 44.6 Å². The second-order valence-electron chi connectivity index (χ2n) is 9.37. The maximum atomic E-state index is 13.2. The third-order valence-corrected chi connectivity index (χ3v) is 6.29. The zero-order valence-electron chi connectivity index (χ0n) is 22.7. The first-order chi connectivity index (χ1) is 18.9. The summed E-state index contributed by atoms with van der Waals surface area (Å²) in [5.41, 5.74) is 4.82. The van der Waals surface area contributed by atoms with Gasteiger partial charge in [0.15, 0.2) is 0 Å². The highest BCUT2D eigenvalue weighted by atomic mass is 19.1. The topological polar surface area (TPSA) is 84.3 Å². The quantitative estimate of drug-likeness (QED) is 0.212. The highest BCUT2D eigenvalue weighted by molar-refractivity contribution is 6.00. The Labute approximate surface area is 228 Å². The molecule has 0 aliphatic rings. The number of amides is 1. The van der Waals surface area contributed by atoms with E-state index < -0.39 is 6.67 Å². The number of halogens is 1. The molecule has 0 saturated heterocycles. The molecule has 0 bridgehead atoms. The van der Waals surface area contributed by atoms with E-state index >= 15 is 0 Å². The number of hydrogen-bond acceptors (Lipinski definition) is 6. The fourth-order valence-electron chi connectivity index (χ4n) is 4.50. The fourth-order valence-corrected chi connectivity index (χ4v) is 4.50. The SMILES string of the molecule is C=CC(=O)Nc1cc(Nc2nccc(-c3cn(CCF)c4ccccc34)n2)c(OCC)cc1CCCN(C)C. The number of fused-ring (bicyclic) bond motifs is 1. The smallest absolute Gasteiger partial charge is 0.247 e. The molecule has 0 fully saturated rings. The Kier molecular flexibility index (Phi) is 9.27. The number of aryl methyl sites for hydroxylation is 2. The molecule has 204 valence electrons. The van der Waals surface area contributed by atoms with Gasteiger partial charge in [-0.15, -0.1) is 0 Å². The van der Waals surface area contributed by atoms with E-state index in [1.807, 2.05) is 74.2 Å². The number of carbonyl (C=O) groups excluding carboxylic acids is 1. The molecule has 0 atom stereocenters. The van der Waals surface area contributed by atoms with Crippen molar-refractivity contribution in [3.05, 3.63) is 73.1 Å².